The maximum atomic E-state index is 14.5. The lowest BCUT2D eigenvalue weighted by Crippen LogP contribution is -1.97. The van der Waals surface area contributed by atoms with Gasteiger partial charge in [0.2, 0.25) is 0 Å². The molecule has 0 saturated heterocycles. The van der Waals surface area contributed by atoms with Crippen molar-refractivity contribution in [3.8, 4) is 28.5 Å². The van der Waals surface area contributed by atoms with Crippen molar-refractivity contribution >= 4 is 21.8 Å². The molecule has 0 radical (unpaired) electrons. The molecule has 5 aromatic rings. The van der Waals surface area contributed by atoms with E-state index in [0.29, 0.717) is 5.56 Å². The van der Waals surface area contributed by atoms with Gasteiger partial charge in [0.05, 0.1) is 34.7 Å². The summed E-state index contributed by atoms with van der Waals surface area (Å²) >= 11 is 0. The summed E-state index contributed by atoms with van der Waals surface area (Å²) in [4.78, 5) is 4.82. The lowest BCUT2D eigenvalue weighted by molar-refractivity contribution is 0.624. The van der Waals surface area contributed by atoms with Gasteiger partial charge in [-0.25, -0.2) is 4.39 Å². The summed E-state index contributed by atoms with van der Waals surface area (Å²) in [6.45, 7) is 3.01. The van der Waals surface area contributed by atoms with Crippen molar-refractivity contribution in [2.24, 2.45) is 7.05 Å². The van der Waals surface area contributed by atoms with E-state index in [4.69, 9.17) is 10.2 Å². The molecule has 0 saturated carbocycles. The maximum absolute atomic E-state index is 14.5. The summed E-state index contributed by atoms with van der Waals surface area (Å²) in [5, 5.41) is 15.5. The van der Waals surface area contributed by atoms with Crippen LogP contribution in [-0.2, 0) is 13.6 Å². The number of nitrogens with zero attached hydrogens (tertiary/aromatic N) is 5. The van der Waals surface area contributed by atoms with Gasteiger partial charge < -0.3 is 4.57 Å². The zero-order valence-electron chi connectivity index (χ0n) is 17.3. The van der Waals surface area contributed by atoms with Crippen molar-refractivity contribution in [1.82, 2.24) is 19.3 Å². The van der Waals surface area contributed by atoms with Crippen LogP contribution in [0.15, 0.2) is 61.1 Å². The molecule has 3 aromatic heterocycles. The number of nitriles is 1. The van der Waals surface area contributed by atoms with Crippen LogP contribution in [0.1, 0.15) is 18.9 Å². The van der Waals surface area contributed by atoms with Gasteiger partial charge in [-0.15, -0.1) is 0 Å². The second-order valence-electron chi connectivity index (χ2n) is 7.64. The predicted octanol–water partition coefficient (Wildman–Crippen LogP) is 5.68. The molecule has 0 aliphatic heterocycles. The fourth-order valence-corrected chi connectivity index (χ4v) is 4.18. The van der Waals surface area contributed by atoms with Crippen LogP contribution in [0.2, 0.25) is 0 Å². The molecule has 0 unspecified atom stereocenters. The number of aryl methyl sites for hydroxylation is 2. The van der Waals surface area contributed by atoms with Gasteiger partial charge in [-0.05, 0) is 42.3 Å². The highest BCUT2D eigenvalue weighted by molar-refractivity contribution is 6.02. The Morgan fingerprint density at radius 1 is 1.03 bits per heavy atom. The molecule has 0 aliphatic carbocycles. The van der Waals surface area contributed by atoms with Crippen molar-refractivity contribution in [1.29, 1.82) is 5.26 Å². The molecule has 0 spiro atoms. The molecule has 0 bridgehead atoms. The van der Waals surface area contributed by atoms with E-state index >= 15 is 0 Å². The molecular weight excluding hydrogens is 389 g/mol. The third-order valence-electron chi connectivity index (χ3n) is 5.69. The van der Waals surface area contributed by atoms with E-state index in [-0.39, 0.29) is 5.56 Å². The fourth-order valence-electron chi connectivity index (χ4n) is 4.18. The van der Waals surface area contributed by atoms with Gasteiger partial charge in [-0.1, -0.05) is 19.1 Å². The Hall–Kier alpha value is -3.98. The third kappa shape index (κ3) is 3.06. The highest BCUT2D eigenvalue weighted by Gasteiger charge is 2.18. The van der Waals surface area contributed by atoms with Gasteiger partial charge in [-0.2, -0.15) is 10.4 Å². The van der Waals surface area contributed by atoms with Crippen molar-refractivity contribution < 1.29 is 4.39 Å². The van der Waals surface area contributed by atoms with Crippen LogP contribution in [0.3, 0.4) is 0 Å². The number of fused-ring (bicyclic) bond motifs is 2. The second-order valence-corrected chi connectivity index (χ2v) is 7.64. The normalized spacial score (nSPS) is 11.3. The summed E-state index contributed by atoms with van der Waals surface area (Å²) < 4.78 is 18.5. The average molecular weight is 409 g/mol. The SMILES string of the molecule is CCCn1ccc2c(-c3ccc(C#N)c(F)c3)c(-c3ccc4c(cnn4C)c3)ncc21. The van der Waals surface area contributed by atoms with E-state index in [2.05, 4.69) is 28.7 Å². The molecule has 0 amide bonds. The molecule has 0 fully saturated rings. The molecule has 2 aromatic carbocycles. The molecule has 31 heavy (non-hydrogen) atoms. The van der Waals surface area contributed by atoms with Gasteiger partial charge in [0, 0.05) is 41.7 Å². The Labute approximate surface area is 179 Å². The Morgan fingerprint density at radius 2 is 1.87 bits per heavy atom. The summed E-state index contributed by atoms with van der Waals surface area (Å²) in [7, 11) is 1.91. The first-order valence-corrected chi connectivity index (χ1v) is 10.2. The predicted molar refractivity (Wildman–Crippen MR) is 120 cm³/mol. The number of hydrogen-bond acceptors (Lipinski definition) is 3. The molecule has 6 heteroatoms. The molecule has 0 aliphatic rings. The fraction of sp³-hybridized carbons (Fsp3) is 0.160. The minimum absolute atomic E-state index is 0.0331. The molecule has 0 N–H and O–H groups in total. The quantitative estimate of drug-likeness (QED) is 0.384. The van der Waals surface area contributed by atoms with Gasteiger partial charge in [-0.3, -0.25) is 9.67 Å². The standard InChI is InChI=1S/C25H20FN5/c1-3-9-31-10-8-20-23(31)15-28-25(17-6-7-22-19(11-17)14-29-30(22)2)24(20)16-4-5-18(13-27)21(26)12-16/h4-8,10-12,14-15H,3,9H2,1-2H3. The minimum atomic E-state index is -0.529. The lowest BCUT2D eigenvalue weighted by atomic mass is 9.95. The van der Waals surface area contributed by atoms with Crippen LogP contribution in [0, 0.1) is 17.1 Å². The number of benzene rings is 2. The molecule has 152 valence electrons. The maximum Gasteiger partial charge on any atom is 0.141 e. The zero-order valence-corrected chi connectivity index (χ0v) is 17.3. The van der Waals surface area contributed by atoms with Crippen molar-refractivity contribution in [2.45, 2.75) is 19.9 Å². The molecular formula is C25H20FN5. The smallest absolute Gasteiger partial charge is 0.141 e. The molecule has 5 rings (SSSR count). The largest absolute Gasteiger partial charge is 0.346 e. The van der Waals surface area contributed by atoms with Gasteiger partial charge >= 0.3 is 0 Å². The number of hydrogen-bond donors (Lipinski definition) is 0. The second kappa shape index (κ2) is 7.37. The number of halogens is 1. The van der Waals surface area contributed by atoms with E-state index in [0.717, 1.165) is 51.6 Å². The Bertz CT molecular complexity index is 1490. The Morgan fingerprint density at radius 3 is 2.65 bits per heavy atom. The number of rotatable bonds is 4. The van der Waals surface area contributed by atoms with Crippen LogP contribution in [-0.4, -0.2) is 19.3 Å². The Kier molecular flexibility index (Phi) is 4.52. The molecule has 0 atom stereocenters. The van der Waals surface area contributed by atoms with Gasteiger partial charge in [0.1, 0.15) is 11.9 Å². The monoisotopic (exact) mass is 409 g/mol. The van der Waals surface area contributed by atoms with Crippen LogP contribution in [0.4, 0.5) is 4.39 Å². The first kappa shape index (κ1) is 19.0. The summed E-state index contributed by atoms with van der Waals surface area (Å²) in [5.74, 6) is -0.529. The van der Waals surface area contributed by atoms with E-state index in [1.807, 2.05) is 48.5 Å². The number of pyridine rings is 1. The van der Waals surface area contributed by atoms with Crippen LogP contribution < -0.4 is 0 Å². The molecule has 3 heterocycles. The summed E-state index contributed by atoms with van der Waals surface area (Å²) in [5.41, 5.74) is 5.34. The van der Waals surface area contributed by atoms with Crippen LogP contribution in [0.25, 0.3) is 44.2 Å². The average Bonchev–Trinajstić information content (AvgIpc) is 3.36. The zero-order chi connectivity index (χ0) is 21.5. The van der Waals surface area contributed by atoms with Crippen LogP contribution >= 0.6 is 0 Å². The Balaban J connectivity index is 1.80. The summed E-state index contributed by atoms with van der Waals surface area (Å²) in [6.07, 6.45) is 6.77. The topological polar surface area (TPSA) is 59.4 Å². The summed E-state index contributed by atoms with van der Waals surface area (Å²) in [6, 6.07) is 14.8. The highest BCUT2D eigenvalue weighted by Crippen LogP contribution is 2.38. The molecule has 5 nitrogen and oxygen atoms in total. The first-order valence-electron chi connectivity index (χ1n) is 10.2. The minimum Gasteiger partial charge on any atom is -0.346 e. The van der Waals surface area contributed by atoms with E-state index < -0.39 is 5.82 Å². The van der Waals surface area contributed by atoms with Gasteiger partial charge in [0.25, 0.3) is 0 Å². The van der Waals surface area contributed by atoms with E-state index in [1.54, 1.807) is 6.07 Å². The van der Waals surface area contributed by atoms with Crippen molar-refractivity contribution in [3.05, 3.63) is 72.4 Å². The van der Waals surface area contributed by atoms with Crippen LogP contribution in [0.5, 0.6) is 0 Å². The van der Waals surface area contributed by atoms with Gasteiger partial charge in [0.15, 0.2) is 0 Å². The van der Waals surface area contributed by atoms with E-state index in [1.165, 1.54) is 12.1 Å². The number of aromatic nitrogens is 4. The van der Waals surface area contributed by atoms with E-state index in [9.17, 15) is 4.39 Å². The van der Waals surface area contributed by atoms with Crippen molar-refractivity contribution in [3.63, 3.8) is 0 Å². The lowest BCUT2D eigenvalue weighted by Gasteiger charge is -2.13. The third-order valence-corrected chi connectivity index (χ3v) is 5.69. The first-order chi connectivity index (χ1) is 15.1. The highest BCUT2D eigenvalue weighted by atomic mass is 19.1. The van der Waals surface area contributed by atoms with Crippen molar-refractivity contribution in [2.75, 3.05) is 0 Å².